The van der Waals surface area contributed by atoms with Gasteiger partial charge in [-0.05, 0) is 54.7 Å². The van der Waals surface area contributed by atoms with Gasteiger partial charge in [0.05, 0.1) is 33.1 Å². The molecular formula is C18H19N3O4S. The van der Waals surface area contributed by atoms with Gasteiger partial charge in [-0.15, -0.1) is 0 Å². The molecule has 2 aromatic carbocycles. The molecule has 0 radical (unpaired) electrons. The Labute approximate surface area is 157 Å². The van der Waals surface area contributed by atoms with Crippen molar-refractivity contribution in [2.24, 2.45) is 5.10 Å². The third kappa shape index (κ3) is 5.18. The number of rotatable bonds is 6. The zero-order chi connectivity index (χ0) is 18.9. The Kier molecular flexibility index (Phi) is 6.92. The highest BCUT2D eigenvalue weighted by molar-refractivity contribution is 7.80. The zero-order valence-corrected chi connectivity index (χ0v) is 15.4. The molecule has 0 aliphatic heterocycles. The van der Waals surface area contributed by atoms with Crippen molar-refractivity contribution in [1.29, 1.82) is 0 Å². The topological polar surface area (TPSA) is 81.2 Å². The largest absolute Gasteiger partial charge is 0.497 e. The molecule has 2 N–H and O–H groups in total. The first-order valence-corrected chi connectivity index (χ1v) is 7.98. The van der Waals surface area contributed by atoms with Crippen LogP contribution in [0.15, 0.2) is 47.6 Å². The van der Waals surface area contributed by atoms with Crippen LogP contribution >= 0.6 is 12.2 Å². The van der Waals surface area contributed by atoms with Crippen LogP contribution in [0.2, 0.25) is 0 Å². The molecule has 0 saturated heterocycles. The summed E-state index contributed by atoms with van der Waals surface area (Å²) in [7, 11) is 4.51. The minimum absolute atomic E-state index is 0.300. The maximum atomic E-state index is 11.4. The van der Waals surface area contributed by atoms with Crippen LogP contribution in [0.3, 0.4) is 0 Å². The van der Waals surface area contributed by atoms with Crippen molar-refractivity contribution in [3.05, 3.63) is 53.6 Å². The van der Waals surface area contributed by atoms with Gasteiger partial charge in [-0.3, -0.25) is 5.43 Å². The molecule has 0 amide bonds. The second-order valence-corrected chi connectivity index (χ2v) is 5.41. The minimum Gasteiger partial charge on any atom is -0.497 e. The molecule has 0 fully saturated rings. The molecule has 2 rings (SSSR count). The molecule has 0 bridgehead atoms. The van der Waals surface area contributed by atoms with E-state index in [1.807, 2.05) is 0 Å². The van der Waals surface area contributed by atoms with Crippen molar-refractivity contribution in [2.75, 3.05) is 26.6 Å². The van der Waals surface area contributed by atoms with E-state index in [4.69, 9.17) is 21.7 Å². The standard InChI is InChI=1S/C18H19N3O4S/c1-23-15-8-9-16(24-2)13(10-15)11-19-21-18(26)20-14-6-4-12(5-7-14)17(22)25-3/h4-11H,1-3H3,(H2,20,21,26). The van der Waals surface area contributed by atoms with E-state index in [-0.39, 0.29) is 0 Å². The average Bonchev–Trinajstić information content (AvgIpc) is 2.67. The zero-order valence-electron chi connectivity index (χ0n) is 14.6. The summed E-state index contributed by atoms with van der Waals surface area (Å²) in [5.41, 5.74) is 4.63. The number of carbonyl (C=O) groups is 1. The van der Waals surface area contributed by atoms with E-state index in [1.54, 1.807) is 62.9 Å². The van der Waals surface area contributed by atoms with Gasteiger partial charge in [0.25, 0.3) is 0 Å². The number of thiocarbonyl (C=S) groups is 1. The molecule has 26 heavy (non-hydrogen) atoms. The number of carbonyl (C=O) groups excluding carboxylic acids is 1. The summed E-state index contributed by atoms with van der Waals surface area (Å²) in [6.45, 7) is 0. The summed E-state index contributed by atoms with van der Waals surface area (Å²) in [6, 6.07) is 12.1. The van der Waals surface area contributed by atoms with E-state index in [0.29, 0.717) is 27.9 Å². The number of ether oxygens (including phenoxy) is 3. The van der Waals surface area contributed by atoms with Gasteiger partial charge < -0.3 is 19.5 Å². The molecule has 0 atom stereocenters. The molecule has 0 unspecified atom stereocenters. The predicted molar refractivity (Wildman–Crippen MR) is 104 cm³/mol. The first-order valence-electron chi connectivity index (χ1n) is 7.58. The van der Waals surface area contributed by atoms with Crippen LogP contribution in [-0.2, 0) is 4.74 Å². The monoisotopic (exact) mass is 373 g/mol. The lowest BCUT2D eigenvalue weighted by molar-refractivity contribution is 0.0601. The number of nitrogens with one attached hydrogen (secondary N) is 2. The quantitative estimate of drug-likeness (QED) is 0.349. The van der Waals surface area contributed by atoms with Crippen LogP contribution in [-0.4, -0.2) is 38.6 Å². The lowest BCUT2D eigenvalue weighted by atomic mass is 10.2. The highest BCUT2D eigenvalue weighted by Crippen LogP contribution is 2.22. The first kappa shape index (κ1) is 19.2. The third-order valence-corrected chi connectivity index (χ3v) is 3.56. The van der Waals surface area contributed by atoms with Crippen LogP contribution in [0.5, 0.6) is 11.5 Å². The van der Waals surface area contributed by atoms with Crippen LogP contribution < -0.4 is 20.2 Å². The van der Waals surface area contributed by atoms with Gasteiger partial charge in [-0.25, -0.2) is 4.79 Å². The Morgan fingerprint density at radius 1 is 1.08 bits per heavy atom. The number of hydrogen-bond acceptors (Lipinski definition) is 6. The molecule has 0 aliphatic carbocycles. The number of anilines is 1. The summed E-state index contributed by atoms with van der Waals surface area (Å²) < 4.78 is 15.1. The number of methoxy groups -OCH3 is 3. The van der Waals surface area contributed by atoms with E-state index in [2.05, 4.69) is 20.6 Å². The Hall–Kier alpha value is -3.13. The number of benzene rings is 2. The fourth-order valence-electron chi connectivity index (χ4n) is 2.07. The Morgan fingerprint density at radius 2 is 1.81 bits per heavy atom. The first-order chi connectivity index (χ1) is 12.6. The number of hydrazone groups is 1. The van der Waals surface area contributed by atoms with E-state index in [1.165, 1.54) is 7.11 Å². The normalized spacial score (nSPS) is 10.3. The van der Waals surface area contributed by atoms with Crippen LogP contribution in [0.25, 0.3) is 0 Å². The van der Waals surface area contributed by atoms with Gasteiger partial charge in [-0.1, -0.05) is 0 Å². The third-order valence-electron chi connectivity index (χ3n) is 3.37. The van der Waals surface area contributed by atoms with Crippen LogP contribution in [0.4, 0.5) is 5.69 Å². The number of nitrogens with zero attached hydrogens (tertiary/aromatic N) is 1. The van der Waals surface area contributed by atoms with Gasteiger partial charge in [0, 0.05) is 11.3 Å². The van der Waals surface area contributed by atoms with Gasteiger partial charge in [-0.2, -0.15) is 5.10 Å². The predicted octanol–water partition coefficient (Wildman–Crippen LogP) is 2.81. The lowest BCUT2D eigenvalue weighted by Gasteiger charge is -2.09. The second-order valence-electron chi connectivity index (χ2n) is 5.00. The minimum atomic E-state index is -0.394. The number of hydrogen-bond donors (Lipinski definition) is 2. The molecule has 7 nitrogen and oxygen atoms in total. The van der Waals surface area contributed by atoms with E-state index in [0.717, 1.165) is 5.56 Å². The number of esters is 1. The van der Waals surface area contributed by atoms with Gasteiger partial charge in [0.2, 0.25) is 0 Å². The fraction of sp³-hybridized carbons (Fsp3) is 0.167. The van der Waals surface area contributed by atoms with Gasteiger partial charge in [0.1, 0.15) is 11.5 Å². The summed E-state index contributed by atoms with van der Waals surface area (Å²) in [5.74, 6) is 0.960. The highest BCUT2D eigenvalue weighted by Gasteiger charge is 2.05. The van der Waals surface area contributed by atoms with Crippen molar-refractivity contribution >= 4 is 35.2 Å². The Balaban J connectivity index is 1.96. The fourth-order valence-corrected chi connectivity index (χ4v) is 2.24. The van der Waals surface area contributed by atoms with E-state index < -0.39 is 5.97 Å². The summed E-state index contributed by atoms with van der Waals surface area (Å²) >= 11 is 5.18. The Bertz CT molecular complexity index is 807. The molecule has 0 aromatic heterocycles. The van der Waals surface area contributed by atoms with Crippen molar-refractivity contribution in [3.8, 4) is 11.5 Å². The van der Waals surface area contributed by atoms with Crippen molar-refractivity contribution in [1.82, 2.24) is 5.43 Å². The van der Waals surface area contributed by atoms with Gasteiger partial charge >= 0.3 is 5.97 Å². The second kappa shape index (κ2) is 9.38. The molecule has 0 aliphatic rings. The summed E-state index contributed by atoms with van der Waals surface area (Å²) in [5, 5.41) is 7.35. The molecule has 0 spiro atoms. The average molecular weight is 373 g/mol. The lowest BCUT2D eigenvalue weighted by Crippen LogP contribution is -2.23. The van der Waals surface area contributed by atoms with Crippen molar-refractivity contribution < 1.29 is 19.0 Å². The van der Waals surface area contributed by atoms with Crippen LogP contribution in [0, 0.1) is 0 Å². The molecule has 136 valence electrons. The molecule has 8 heteroatoms. The van der Waals surface area contributed by atoms with Crippen molar-refractivity contribution in [3.63, 3.8) is 0 Å². The maximum absolute atomic E-state index is 11.4. The molecule has 0 heterocycles. The van der Waals surface area contributed by atoms with Gasteiger partial charge in [0.15, 0.2) is 5.11 Å². The molecule has 2 aromatic rings. The SMILES string of the molecule is COC(=O)c1ccc(NC(=S)NN=Cc2cc(OC)ccc2OC)cc1. The smallest absolute Gasteiger partial charge is 0.337 e. The van der Waals surface area contributed by atoms with Crippen molar-refractivity contribution in [2.45, 2.75) is 0 Å². The van der Waals surface area contributed by atoms with E-state index in [9.17, 15) is 4.79 Å². The Morgan fingerprint density at radius 3 is 2.42 bits per heavy atom. The summed E-state index contributed by atoms with van der Waals surface area (Å²) in [6.07, 6.45) is 1.58. The molecular weight excluding hydrogens is 354 g/mol. The summed E-state index contributed by atoms with van der Waals surface area (Å²) in [4.78, 5) is 11.4. The molecule has 0 saturated carbocycles. The van der Waals surface area contributed by atoms with E-state index >= 15 is 0 Å². The van der Waals surface area contributed by atoms with Crippen LogP contribution in [0.1, 0.15) is 15.9 Å². The maximum Gasteiger partial charge on any atom is 0.337 e. The highest BCUT2D eigenvalue weighted by atomic mass is 32.1.